The van der Waals surface area contributed by atoms with Crippen LogP contribution in [0.3, 0.4) is 0 Å². The molecular weight excluding hydrogens is 380 g/mol. The molecule has 1 aromatic heterocycles. The van der Waals surface area contributed by atoms with Crippen molar-refractivity contribution in [1.29, 1.82) is 0 Å². The molecule has 5 rings (SSSR count). The maximum atomic E-state index is 13.0. The van der Waals surface area contributed by atoms with Crippen molar-refractivity contribution >= 4 is 38.4 Å². The molecule has 0 radical (unpaired) electrons. The average Bonchev–Trinajstić information content (AvgIpc) is 3.09. The van der Waals surface area contributed by atoms with Crippen LogP contribution in [-0.4, -0.2) is 16.7 Å². The first kappa shape index (κ1) is 18.1. The van der Waals surface area contributed by atoms with E-state index in [4.69, 9.17) is 0 Å². The van der Waals surface area contributed by atoms with Crippen LogP contribution in [-0.2, 0) is 4.79 Å². The Bertz CT molecular complexity index is 1130. The van der Waals surface area contributed by atoms with Gasteiger partial charge in [-0.15, -0.1) is 0 Å². The number of allylic oxidation sites excluding steroid dienone is 1. The van der Waals surface area contributed by atoms with Crippen molar-refractivity contribution in [1.82, 2.24) is 10.3 Å². The van der Waals surface area contributed by atoms with Gasteiger partial charge in [-0.3, -0.25) is 9.79 Å². The van der Waals surface area contributed by atoms with Gasteiger partial charge < -0.3 is 0 Å². The molecule has 0 fully saturated rings. The molecule has 1 aliphatic carbocycles. The normalized spacial score (nSPS) is 20.8. The molecule has 0 spiro atoms. The summed E-state index contributed by atoms with van der Waals surface area (Å²) in [6.07, 6.45) is 1.41. The number of nitrogens with zero attached hydrogens (tertiary/aromatic N) is 1. The number of hydrogen-bond donors (Lipinski definition) is 3. The van der Waals surface area contributed by atoms with Crippen molar-refractivity contribution in [3.05, 3.63) is 71.4 Å². The standard InChI is InChI=1S/C23H22N4OS/c1-23(2)12-16-19(17(28)13-23)20(14-8-4-3-5-9-14)26-21(24-16)27-22-25-15-10-6-7-11-18(15)29-22/h3-11,20H,12-13H2,1-2H3,(H2,24,25,26,27)/p+1/t20-/m1/s1. The minimum Gasteiger partial charge on any atom is -0.294 e. The number of thiazole rings is 1. The first-order chi connectivity index (χ1) is 14.0. The number of anilines is 1. The SMILES string of the molecule is CC1(C)CC(=O)C2=C(C1)NC(Nc1nc3ccccc3s1)=[NH+][C@@H]2c1ccccc1. The first-order valence-electron chi connectivity index (χ1n) is 9.83. The summed E-state index contributed by atoms with van der Waals surface area (Å²) >= 11 is 1.61. The summed E-state index contributed by atoms with van der Waals surface area (Å²) < 4.78 is 1.14. The van der Waals surface area contributed by atoms with Gasteiger partial charge in [-0.1, -0.05) is 67.6 Å². The molecular formula is C23H23N4OS+. The van der Waals surface area contributed by atoms with E-state index in [0.717, 1.165) is 44.6 Å². The third-order valence-corrected chi connectivity index (χ3v) is 6.38. The summed E-state index contributed by atoms with van der Waals surface area (Å²) in [7, 11) is 0. The van der Waals surface area contributed by atoms with E-state index >= 15 is 0 Å². The Morgan fingerprint density at radius 2 is 1.86 bits per heavy atom. The van der Waals surface area contributed by atoms with Crippen molar-refractivity contribution in [3.63, 3.8) is 0 Å². The molecule has 0 bridgehead atoms. The van der Waals surface area contributed by atoms with Crippen LogP contribution in [0.4, 0.5) is 5.13 Å². The monoisotopic (exact) mass is 403 g/mol. The van der Waals surface area contributed by atoms with Crippen molar-refractivity contribution in [2.45, 2.75) is 32.7 Å². The van der Waals surface area contributed by atoms with Crippen molar-refractivity contribution in [2.75, 3.05) is 5.32 Å². The van der Waals surface area contributed by atoms with E-state index in [1.807, 2.05) is 36.4 Å². The van der Waals surface area contributed by atoms with Gasteiger partial charge >= 0.3 is 5.96 Å². The van der Waals surface area contributed by atoms with Crippen LogP contribution in [0.15, 0.2) is 65.9 Å². The Balaban J connectivity index is 1.54. The molecule has 1 aliphatic heterocycles. The zero-order valence-corrected chi connectivity index (χ0v) is 17.3. The number of para-hydroxylation sites is 1. The Labute approximate surface area is 173 Å². The predicted octanol–water partition coefficient (Wildman–Crippen LogP) is 3.13. The molecule has 29 heavy (non-hydrogen) atoms. The lowest BCUT2D eigenvalue weighted by Crippen LogP contribution is -2.82. The number of rotatable bonds is 2. The largest absolute Gasteiger partial charge is 0.355 e. The number of carbonyl (C=O) groups is 1. The summed E-state index contributed by atoms with van der Waals surface area (Å²) in [6.45, 7) is 4.30. The van der Waals surface area contributed by atoms with Gasteiger partial charge in [0.25, 0.3) is 5.13 Å². The van der Waals surface area contributed by atoms with Crippen LogP contribution in [0.25, 0.3) is 10.2 Å². The van der Waals surface area contributed by atoms with E-state index in [2.05, 4.69) is 52.7 Å². The summed E-state index contributed by atoms with van der Waals surface area (Å²) in [4.78, 5) is 21.2. The summed E-state index contributed by atoms with van der Waals surface area (Å²) in [5.74, 6) is 0.978. The Hall–Kier alpha value is -2.99. The Morgan fingerprint density at radius 3 is 2.66 bits per heavy atom. The quantitative estimate of drug-likeness (QED) is 0.615. The van der Waals surface area contributed by atoms with E-state index in [-0.39, 0.29) is 17.2 Å². The fourth-order valence-electron chi connectivity index (χ4n) is 4.18. The van der Waals surface area contributed by atoms with E-state index in [9.17, 15) is 4.79 Å². The van der Waals surface area contributed by atoms with Crippen LogP contribution in [0, 0.1) is 5.41 Å². The second-order valence-corrected chi connectivity index (χ2v) is 9.46. The van der Waals surface area contributed by atoms with E-state index < -0.39 is 0 Å². The molecule has 146 valence electrons. The number of hydrogen-bond acceptors (Lipinski definition) is 5. The number of Topliss-reactive ketones (excluding diaryl/α,β-unsaturated/α-hetero) is 1. The number of carbonyl (C=O) groups excluding carboxylic acids is 1. The molecule has 3 N–H and O–H groups in total. The van der Waals surface area contributed by atoms with Gasteiger partial charge in [0.2, 0.25) is 0 Å². The number of benzene rings is 2. The smallest absolute Gasteiger partial charge is 0.294 e. The van der Waals surface area contributed by atoms with E-state index in [1.165, 1.54) is 0 Å². The number of guanidine groups is 1. The minimum absolute atomic E-state index is 0.0531. The van der Waals surface area contributed by atoms with Crippen molar-refractivity contribution in [3.8, 4) is 0 Å². The highest BCUT2D eigenvalue weighted by Gasteiger charge is 2.41. The summed E-state index contributed by atoms with van der Waals surface area (Å²) in [5, 5.41) is 7.67. The highest BCUT2D eigenvalue weighted by molar-refractivity contribution is 7.22. The highest BCUT2D eigenvalue weighted by Crippen LogP contribution is 2.39. The van der Waals surface area contributed by atoms with Gasteiger partial charge in [0.15, 0.2) is 5.78 Å². The third-order valence-electron chi connectivity index (χ3n) is 5.43. The second kappa shape index (κ2) is 6.81. The number of ketones is 1. The lowest BCUT2D eigenvalue weighted by molar-refractivity contribution is -0.502. The predicted molar refractivity (Wildman–Crippen MR) is 117 cm³/mol. The van der Waals surface area contributed by atoms with Gasteiger partial charge in [-0.2, -0.15) is 0 Å². The number of aromatic nitrogens is 1. The fraction of sp³-hybridized carbons (Fsp3) is 0.261. The lowest BCUT2D eigenvalue weighted by Gasteiger charge is -2.34. The molecule has 2 aliphatic rings. The molecule has 1 atom stereocenters. The fourth-order valence-corrected chi connectivity index (χ4v) is 5.05. The zero-order chi connectivity index (χ0) is 20.0. The minimum atomic E-state index is -0.173. The van der Waals surface area contributed by atoms with E-state index in [1.54, 1.807) is 11.3 Å². The molecule has 2 aromatic carbocycles. The summed E-state index contributed by atoms with van der Waals surface area (Å²) in [5.41, 5.74) is 3.86. The van der Waals surface area contributed by atoms with Gasteiger partial charge in [0, 0.05) is 12.8 Å². The molecule has 5 nitrogen and oxygen atoms in total. The molecule has 0 unspecified atom stereocenters. The third kappa shape index (κ3) is 3.44. The Morgan fingerprint density at radius 1 is 1.10 bits per heavy atom. The number of fused-ring (bicyclic) bond motifs is 1. The second-order valence-electron chi connectivity index (χ2n) is 8.43. The van der Waals surface area contributed by atoms with Crippen molar-refractivity contribution < 1.29 is 9.79 Å². The van der Waals surface area contributed by atoms with Crippen LogP contribution in [0.5, 0.6) is 0 Å². The molecule has 0 amide bonds. The van der Waals surface area contributed by atoms with Crippen LogP contribution < -0.4 is 15.6 Å². The van der Waals surface area contributed by atoms with Gasteiger partial charge in [0.1, 0.15) is 6.04 Å². The zero-order valence-electron chi connectivity index (χ0n) is 16.5. The van der Waals surface area contributed by atoms with Gasteiger partial charge in [-0.05, 0) is 23.1 Å². The average molecular weight is 404 g/mol. The molecule has 2 heterocycles. The first-order valence-corrected chi connectivity index (χ1v) is 10.6. The Kier molecular flexibility index (Phi) is 4.24. The van der Waals surface area contributed by atoms with Crippen molar-refractivity contribution in [2.24, 2.45) is 5.41 Å². The molecule has 6 heteroatoms. The van der Waals surface area contributed by atoms with Gasteiger partial charge in [-0.25, -0.2) is 15.6 Å². The van der Waals surface area contributed by atoms with Crippen LogP contribution in [0.1, 0.15) is 38.3 Å². The molecule has 0 saturated carbocycles. The summed E-state index contributed by atoms with van der Waals surface area (Å²) in [6, 6.07) is 18.1. The number of nitrogens with one attached hydrogen (secondary N) is 3. The lowest BCUT2D eigenvalue weighted by atomic mass is 9.73. The highest BCUT2D eigenvalue weighted by atomic mass is 32.1. The van der Waals surface area contributed by atoms with E-state index in [0.29, 0.717) is 6.42 Å². The maximum Gasteiger partial charge on any atom is 0.355 e. The van der Waals surface area contributed by atoms with Gasteiger partial charge in [0.05, 0.1) is 21.5 Å². The maximum absolute atomic E-state index is 13.0. The topological polar surface area (TPSA) is 68.0 Å². The molecule has 3 aromatic rings. The molecule has 0 saturated heterocycles. The van der Waals surface area contributed by atoms with Crippen LogP contribution in [0.2, 0.25) is 0 Å². The van der Waals surface area contributed by atoms with Crippen LogP contribution >= 0.6 is 11.3 Å².